The number of carbonyl (C=O) groups is 1. The van der Waals surface area contributed by atoms with Crippen molar-refractivity contribution in [2.24, 2.45) is 0 Å². The molecule has 0 radical (unpaired) electrons. The van der Waals surface area contributed by atoms with Crippen molar-refractivity contribution >= 4 is 22.9 Å². The second kappa shape index (κ2) is 8.96. The summed E-state index contributed by atoms with van der Waals surface area (Å²) in [5.41, 5.74) is 2.59. The molecule has 1 aromatic heterocycles. The van der Waals surface area contributed by atoms with Crippen molar-refractivity contribution in [3.63, 3.8) is 0 Å². The van der Waals surface area contributed by atoms with Gasteiger partial charge in [0, 0.05) is 23.6 Å². The Morgan fingerprint density at radius 3 is 2.76 bits per heavy atom. The van der Waals surface area contributed by atoms with Gasteiger partial charge in [0.2, 0.25) is 5.91 Å². The van der Waals surface area contributed by atoms with E-state index in [4.69, 9.17) is 14.2 Å². The number of ether oxygens (including phenoxy) is 3. The number of anilines is 1. The quantitative estimate of drug-likeness (QED) is 0.653. The number of hydrogen-bond donors (Lipinski definition) is 1. The minimum Gasteiger partial charge on any atom is -0.490 e. The van der Waals surface area contributed by atoms with E-state index in [2.05, 4.69) is 10.3 Å². The zero-order valence-electron chi connectivity index (χ0n) is 16.1. The lowest BCUT2D eigenvalue weighted by Gasteiger charge is -2.10. The van der Waals surface area contributed by atoms with Gasteiger partial charge in [-0.1, -0.05) is 17.7 Å². The summed E-state index contributed by atoms with van der Waals surface area (Å²) in [6.07, 6.45) is 1.05. The van der Waals surface area contributed by atoms with E-state index in [9.17, 15) is 4.79 Å². The number of hydrogen-bond acceptors (Lipinski definition) is 6. The summed E-state index contributed by atoms with van der Waals surface area (Å²) in [7, 11) is 0. The van der Waals surface area contributed by atoms with Crippen molar-refractivity contribution in [3.05, 3.63) is 64.1 Å². The molecule has 0 saturated heterocycles. The van der Waals surface area contributed by atoms with Crippen LogP contribution in [0.4, 0.5) is 5.69 Å². The highest BCUT2D eigenvalue weighted by Gasteiger charge is 2.13. The fraction of sp³-hybridized carbons (Fsp3) is 0.273. The number of nitrogens with zero attached hydrogens (tertiary/aromatic N) is 1. The van der Waals surface area contributed by atoms with Crippen LogP contribution >= 0.6 is 11.3 Å². The molecular formula is C22H22N2O4S. The van der Waals surface area contributed by atoms with E-state index in [1.165, 1.54) is 16.9 Å². The van der Waals surface area contributed by atoms with Gasteiger partial charge in [-0.2, -0.15) is 0 Å². The van der Waals surface area contributed by atoms with Gasteiger partial charge in [0.05, 0.1) is 25.3 Å². The van der Waals surface area contributed by atoms with E-state index in [0.717, 1.165) is 22.9 Å². The Morgan fingerprint density at radius 2 is 1.93 bits per heavy atom. The van der Waals surface area contributed by atoms with Crippen LogP contribution in [-0.4, -0.2) is 24.1 Å². The van der Waals surface area contributed by atoms with Crippen LogP contribution in [-0.2, 0) is 17.8 Å². The molecule has 0 unspecified atom stereocenters. The summed E-state index contributed by atoms with van der Waals surface area (Å²) in [6, 6.07) is 13.3. The van der Waals surface area contributed by atoms with Crippen LogP contribution < -0.4 is 19.5 Å². The third-order valence-electron chi connectivity index (χ3n) is 4.36. The Labute approximate surface area is 173 Å². The summed E-state index contributed by atoms with van der Waals surface area (Å²) in [6.45, 7) is 3.67. The van der Waals surface area contributed by atoms with E-state index in [1.54, 1.807) is 6.07 Å². The molecule has 3 aromatic rings. The minimum absolute atomic E-state index is 0.129. The van der Waals surface area contributed by atoms with Crippen LogP contribution in [0.5, 0.6) is 17.2 Å². The zero-order valence-corrected chi connectivity index (χ0v) is 17.0. The molecule has 0 atom stereocenters. The van der Waals surface area contributed by atoms with Crippen molar-refractivity contribution in [3.8, 4) is 17.2 Å². The number of carbonyl (C=O) groups excluding carboxylic acids is 1. The Bertz CT molecular complexity index is 985. The average Bonchev–Trinajstić information content (AvgIpc) is 3.02. The molecule has 2 aromatic carbocycles. The second-order valence-corrected chi connectivity index (χ2v) is 7.71. The molecule has 0 aliphatic carbocycles. The Hall–Kier alpha value is -3.06. The van der Waals surface area contributed by atoms with Crippen molar-refractivity contribution in [1.82, 2.24) is 4.98 Å². The molecule has 1 aliphatic rings. The van der Waals surface area contributed by atoms with E-state index in [-0.39, 0.29) is 12.3 Å². The van der Waals surface area contributed by atoms with E-state index in [1.807, 2.05) is 48.7 Å². The fourth-order valence-electron chi connectivity index (χ4n) is 2.89. The molecule has 7 heteroatoms. The first-order chi connectivity index (χ1) is 14.2. The normalized spacial score (nSPS) is 12.9. The maximum absolute atomic E-state index is 12.4. The van der Waals surface area contributed by atoms with Gasteiger partial charge in [0.1, 0.15) is 17.4 Å². The molecule has 1 aliphatic heterocycles. The summed E-state index contributed by atoms with van der Waals surface area (Å²) >= 11 is 1.49. The topological polar surface area (TPSA) is 69.7 Å². The highest BCUT2D eigenvalue weighted by Crippen LogP contribution is 2.32. The molecule has 1 amide bonds. The Morgan fingerprint density at radius 1 is 1.14 bits per heavy atom. The second-order valence-electron chi connectivity index (χ2n) is 6.77. The van der Waals surface area contributed by atoms with Gasteiger partial charge < -0.3 is 19.5 Å². The molecule has 1 N–H and O–H groups in total. The SMILES string of the molecule is Cc1ccc(OCc2nc(CC(=O)Nc3ccc4c(c3)OCCCO4)cs2)cc1. The highest BCUT2D eigenvalue weighted by molar-refractivity contribution is 7.09. The third-order valence-corrected chi connectivity index (χ3v) is 5.23. The van der Waals surface area contributed by atoms with Crippen LogP contribution in [0.3, 0.4) is 0 Å². The predicted octanol–water partition coefficient (Wildman–Crippen LogP) is 4.37. The molecular weight excluding hydrogens is 388 g/mol. The fourth-order valence-corrected chi connectivity index (χ4v) is 3.59. The lowest BCUT2D eigenvalue weighted by molar-refractivity contribution is -0.115. The zero-order chi connectivity index (χ0) is 20.1. The summed E-state index contributed by atoms with van der Waals surface area (Å²) in [5.74, 6) is 2.04. The van der Waals surface area contributed by atoms with Crippen molar-refractivity contribution in [2.45, 2.75) is 26.4 Å². The van der Waals surface area contributed by atoms with E-state index >= 15 is 0 Å². The van der Waals surface area contributed by atoms with Crippen molar-refractivity contribution in [1.29, 1.82) is 0 Å². The number of nitrogens with one attached hydrogen (secondary N) is 1. The molecule has 0 bridgehead atoms. The standard InChI is InChI=1S/C22H22N2O4S/c1-15-3-6-18(7-4-15)28-13-22-24-17(14-29-22)12-21(25)23-16-5-8-19-20(11-16)27-10-2-9-26-19/h3-8,11,14H,2,9-10,12-13H2,1H3,(H,23,25). The molecule has 150 valence electrons. The number of thiazole rings is 1. The van der Waals surface area contributed by atoms with Crippen LogP contribution in [0.25, 0.3) is 0 Å². The molecule has 0 fully saturated rings. The van der Waals surface area contributed by atoms with Gasteiger partial charge in [-0.25, -0.2) is 4.98 Å². The van der Waals surface area contributed by atoms with Gasteiger partial charge in [-0.3, -0.25) is 4.79 Å². The molecule has 2 heterocycles. The highest BCUT2D eigenvalue weighted by atomic mass is 32.1. The Kier molecular flexibility index (Phi) is 5.95. The molecule has 29 heavy (non-hydrogen) atoms. The predicted molar refractivity (Wildman–Crippen MR) is 112 cm³/mol. The molecule has 6 nitrogen and oxygen atoms in total. The number of benzene rings is 2. The maximum Gasteiger partial charge on any atom is 0.230 e. The van der Waals surface area contributed by atoms with Crippen LogP contribution in [0.15, 0.2) is 47.8 Å². The minimum atomic E-state index is -0.129. The summed E-state index contributed by atoms with van der Waals surface area (Å²) < 4.78 is 17.0. The number of aromatic nitrogens is 1. The van der Waals surface area contributed by atoms with E-state index < -0.39 is 0 Å². The first-order valence-corrected chi connectivity index (χ1v) is 10.4. The van der Waals surface area contributed by atoms with Crippen LogP contribution in [0, 0.1) is 6.92 Å². The number of amides is 1. The van der Waals surface area contributed by atoms with Gasteiger partial charge in [-0.15, -0.1) is 11.3 Å². The molecule has 0 spiro atoms. The molecule has 4 rings (SSSR count). The lowest BCUT2D eigenvalue weighted by atomic mass is 10.2. The third kappa shape index (κ3) is 5.26. The maximum atomic E-state index is 12.4. The van der Waals surface area contributed by atoms with Gasteiger partial charge in [0.25, 0.3) is 0 Å². The first-order valence-electron chi connectivity index (χ1n) is 9.48. The van der Waals surface area contributed by atoms with Crippen molar-refractivity contribution in [2.75, 3.05) is 18.5 Å². The van der Waals surface area contributed by atoms with Gasteiger partial charge >= 0.3 is 0 Å². The first kappa shape index (κ1) is 19.3. The summed E-state index contributed by atoms with van der Waals surface area (Å²) in [4.78, 5) is 16.9. The Balaban J connectivity index is 1.31. The lowest BCUT2D eigenvalue weighted by Crippen LogP contribution is -2.14. The number of aryl methyl sites for hydroxylation is 1. The smallest absolute Gasteiger partial charge is 0.230 e. The van der Waals surface area contributed by atoms with Crippen LogP contribution in [0.2, 0.25) is 0 Å². The van der Waals surface area contributed by atoms with Crippen molar-refractivity contribution < 1.29 is 19.0 Å². The van der Waals surface area contributed by atoms with Gasteiger partial charge in [-0.05, 0) is 31.2 Å². The van der Waals surface area contributed by atoms with Gasteiger partial charge in [0.15, 0.2) is 11.5 Å². The average molecular weight is 410 g/mol. The molecule has 0 saturated carbocycles. The number of fused-ring (bicyclic) bond motifs is 1. The number of rotatable bonds is 6. The monoisotopic (exact) mass is 410 g/mol. The largest absolute Gasteiger partial charge is 0.490 e. The van der Waals surface area contributed by atoms with Crippen LogP contribution in [0.1, 0.15) is 22.7 Å². The summed E-state index contributed by atoms with van der Waals surface area (Å²) in [5, 5.41) is 5.62. The van der Waals surface area contributed by atoms with E-state index in [0.29, 0.717) is 37.0 Å².